The van der Waals surface area contributed by atoms with Crippen LogP contribution in [0.25, 0.3) is 0 Å². The number of nitrogens with zero attached hydrogens (tertiary/aromatic N) is 2. The molecule has 0 aliphatic rings. The van der Waals surface area contributed by atoms with Gasteiger partial charge in [-0.15, -0.1) is 24.0 Å². The molecular weight excluding hydrogens is 422 g/mol. The largest absolute Gasteiger partial charge is 0.386 e. The van der Waals surface area contributed by atoms with Crippen LogP contribution in [0, 0.1) is 5.82 Å². The molecule has 0 amide bonds. The van der Waals surface area contributed by atoms with Crippen molar-refractivity contribution in [2.45, 2.75) is 19.6 Å². The summed E-state index contributed by atoms with van der Waals surface area (Å²) in [6, 6.07) is 8.23. The minimum absolute atomic E-state index is 0. The van der Waals surface area contributed by atoms with E-state index in [1.54, 1.807) is 18.2 Å². The van der Waals surface area contributed by atoms with Crippen LogP contribution < -0.4 is 10.6 Å². The number of aliphatic hydroxyl groups is 1. The first-order valence-electron chi connectivity index (χ1n) is 7.65. The fourth-order valence-corrected chi connectivity index (χ4v) is 2.22. The third-order valence-corrected chi connectivity index (χ3v) is 3.38. The molecule has 0 fully saturated rings. The lowest BCUT2D eigenvalue weighted by Crippen LogP contribution is -2.39. The van der Waals surface area contributed by atoms with Crippen molar-refractivity contribution in [2.24, 2.45) is 12.0 Å². The van der Waals surface area contributed by atoms with Crippen LogP contribution in [0.1, 0.15) is 24.2 Å². The molecule has 0 saturated heterocycles. The van der Waals surface area contributed by atoms with E-state index in [1.807, 2.05) is 37.0 Å². The molecule has 0 aliphatic heterocycles. The maximum absolute atomic E-state index is 13.6. The van der Waals surface area contributed by atoms with Gasteiger partial charge in [0, 0.05) is 38.1 Å². The van der Waals surface area contributed by atoms with Crippen molar-refractivity contribution in [2.75, 3.05) is 13.1 Å². The number of nitrogens with one attached hydrogen (secondary N) is 2. The van der Waals surface area contributed by atoms with Crippen molar-refractivity contribution in [3.05, 3.63) is 59.7 Å². The predicted molar refractivity (Wildman–Crippen MR) is 105 cm³/mol. The number of aryl methyl sites for hydroxylation is 1. The second-order valence-electron chi connectivity index (χ2n) is 5.30. The van der Waals surface area contributed by atoms with Gasteiger partial charge in [0.1, 0.15) is 5.82 Å². The molecule has 1 heterocycles. The summed E-state index contributed by atoms with van der Waals surface area (Å²) >= 11 is 0. The summed E-state index contributed by atoms with van der Waals surface area (Å²) < 4.78 is 15.6. The fourth-order valence-electron chi connectivity index (χ4n) is 2.22. The molecule has 7 heteroatoms. The number of aliphatic hydroxyl groups excluding tert-OH is 1. The quantitative estimate of drug-likeness (QED) is 0.363. The first kappa shape index (κ1) is 20.4. The summed E-state index contributed by atoms with van der Waals surface area (Å²) in [5.41, 5.74) is 1.37. The van der Waals surface area contributed by atoms with Crippen molar-refractivity contribution in [1.82, 2.24) is 15.2 Å². The SMILES string of the molecule is CCNC(=NCc1ccn(C)c1)NCC(O)c1ccccc1F.I. The molecule has 24 heavy (non-hydrogen) atoms. The molecule has 1 aromatic carbocycles. The Balaban J connectivity index is 0.00000288. The van der Waals surface area contributed by atoms with Crippen LogP contribution in [-0.4, -0.2) is 28.7 Å². The molecule has 2 rings (SSSR count). The van der Waals surface area contributed by atoms with Crippen LogP contribution in [0.15, 0.2) is 47.7 Å². The van der Waals surface area contributed by atoms with E-state index in [9.17, 15) is 9.50 Å². The topological polar surface area (TPSA) is 61.6 Å². The van der Waals surface area contributed by atoms with E-state index in [1.165, 1.54) is 6.07 Å². The lowest BCUT2D eigenvalue weighted by molar-refractivity contribution is 0.176. The molecule has 132 valence electrons. The third kappa shape index (κ3) is 6.12. The number of rotatable bonds is 6. The Morgan fingerprint density at radius 3 is 2.67 bits per heavy atom. The number of guanidine groups is 1. The van der Waals surface area contributed by atoms with Gasteiger partial charge in [0.25, 0.3) is 0 Å². The van der Waals surface area contributed by atoms with Crippen molar-refractivity contribution in [3.63, 3.8) is 0 Å². The highest BCUT2D eigenvalue weighted by molar-refractivity contribution is 14.0. The van der Waals surface area contributed by atoms with Crippen LogP contribution >= 0.6 is 24.0 Å². The van der Waals surface area contributed by atoms with Crippen molar-refractivity contribution in [3.8, 4) is 0 Å². The monoisotopic (exact) mass is 446 g/mol. The van der Waals surface area contributed by atoms with Gasteiger partial charge in [0.15, 0.2) is 5.96 Å². The summed E-state index contributed by atoms with van der Waals surface area (Å²) in [4.78, 5) is 4.46. The standard InChI is InChI=1S/C17H23FN4O.HI/c1-3-19-17(20-10-13-8-9-22(2)12-13)21-11-16(23)14-6-4-5-7-15(14)18;/h4-9,12,16,23H,3,10-11H2,1-2H3,(H2,19,20,21);1H. The van der Waals surface area contributed by atoms with Gasteiger partial charge in [0.05, 0.1) is 12.6 Å². The van der Waals surface area contributed by atoms with Crippen molar-refractivity contribution < 1.29 is 9.50 Å². The third-order valence-electron chi connectivity index (χ3n) is 3.38. The summed E-state index contributed by atoms with van der Waals surface area (Å²) in [7, 11) is 1.96. The average Bonchev–Trinajstić information content (AvgIpc) is 2.95. The van der Waals surface area contributed by atoms with Crippen molar-refractivity contribution in [1.29, 1.82) is 0 Å². The Morgan fingerprint density at radius 1 is 1.29 bits per heavy atom. The summed E-state index contributed by atoms with van der Waals surface area (Å²) in [5, 5.41) is 16.3. The maximum atomic E-state index is 13.6. The zero-order chi connectivity index (χ0) is 16.7. The van der Waals surface area contributed by atoms with Gasteiger partial charge in [-0.2, -0.15) is 0 Å². The van der Waals surface area contributed by atoms with Gasteiger partial charge in [-0.05, 0) is 24.6 Å². The van der Waals surface area contributed by atoms with E-state index >= 15 is 0 Å². The smallest absolute Gasteiger partial charge is 0.191 e. The molecule has 2 aromatic rings. The number of halogens is 2. The second-order valence-corrected chi connectivity index (χ2v) is 5.30. The highest BCUT2D eigenvalue weighted by Gasteiger charge is 2.12. The number of aromatic nitrogens is 1. The Labute approximate surface area is 159 Å². The Kier molecular flexibility index (Phi) is 8.77. The molecule has 3 N–H and O–H groups in total. The highest BCUT2D eigenvalue weighted by atomic mass is 127. The van der Waals surface area contributed by atoms with Crippen LogP contribution in [0.3, 0.4) is 0 Å². The first-order chi connectivity index (χ1) is 11.1. The van der Waals surface area contributed by atoms with E-state index in [0.717, 1.165) is 5.56 Å². The minimum atomic E-state index is -0.934. The molecule has 1 aromatic heterocycles. The van der Waals surface area contributed by atoms with Crippen LogP contribution in [-0.2, 0) is 13.6 Å². The number of benzene rings is 1. The van der Waals surface area contributed by atoms with Crippen LogP contribution in [0.4, 0.5) is 4.39 Å². The Hall–Kier alpha value is -1.61. The number of hydrogen-bond donors (Lipinski definition) is 3. The van der Waals surface area contributed by atoms with E-state index in [-0.39, 0.29) is 36.1 Å². The lowest BCUT2D eigenvalue weighted by Gasteiger charge is -2.16. The van der Waals surface area contributed by atoms with Gasteiger partial charge in [-0.3, -0.25) is 0 Å². The fraction of sp³-hybridized carbons (Fsp3) is 0.353. The van der Waals surface area contributed by atoms with Crippen LogP contribution in [0.2, 0.25) is 0 Å². The molecule has 0 spiro atoms. The van der Waals surface area contributed by atoms with E-state index in [0.29, 0.717) is 19.0 Å². The predicted octanol–water partition coefficient (Wildman–Crippen LogP) is 2.57. The molecular formula is C17H24FIN4O. The molecule has 0 aliphatic carbocycles. The van der Waals surface area contributed by atoms with Gasteiger partial charge in [-0.1, -0.05) is 18.2 Å². The molecule has 1 atom stereocenters. The maximum Gasteiger partial charge on any atom is 0.191 e. The Bertz CT molecular complexity index is 660. The second kappa shape index (κ2) is 10.3. The van der Waals surface area contributed by atoms with Gasteiger partial charge in [0.2, 0.25) is 0 Å². The van der Waals surface area contributed by atoms with Gasteiger partial charge in [-0.25, -0.2) is 9.38 Å². The van der Waals surface area contributed by atoms with Gasteiger partial charge < -0.3 is 20.3 Å². The molecule has 0 saturated carbocycles. The lowest BCUT2D eigenvalue weighted by atomic mass is 10.1. The first-order valence-corrected chi connectivity index (χ1v) is 7.65. The van der Waals surface area contributed by atoms with E-state index < -0.39 is 11.9 Å². The van der Waals surface area contributed by atoms with E-state index in [2.05, 4.69) is 15.6 Å². The van der Waals surface area contributed by atoms with Gasteiger partial charge >= 0.3 is 0 Å². The zero-order valence-corrected chi connectivity index (χ0v) is 16.2. The minimum Gasteiger partial charge on any atom is -0.386 e. The Morgan fingerprint density at radius 2 is 2.04 bits per heavy atom. The van der Waals surface area contributed by atoms with Crippen molar-refractivity contribution >= 4 is 29.9 Å². The molecule has 1 unspecified atom stereocenters. The summed E-state index contributed by atoms with van der Waals surface area (Å²) in [6.45, 7) is 3.39. The number of hydrogen-bond acceptors (Lipinski definition) is 2. The normalized spacial score (nSPS) is 12.4. The number of aliphatic imine (C=N–C) groups is 1. The zero-order valence-electron chi connectivity index (χ0n) is 13.9. The molecule has 0 radical (unpaired) electrons. The summed E-state index contributed by atoms with van der Waals surface area (Å²) in [6.07, 6.45) is 3.03. The molecule has 0 bridgehead atoms. The van der Waals surface area contributed by atoms with Crippen LogP contribution in [0.5, 0.6) is 0 Å². The summed E-state index contributed by atoms with van der Waals surface area (Å²) in [5.74, 6) is 0.180. The average molecular weight is 446 g/mol. The highest BCUT2D eigenvalue weighted by Crippen LogP contribution is 2.15. The molecule has 5 nitrogen and oxygen atoms in total. The van der Waals surface area contributed by atoms with E-state index in [4.69, 9.17) is 0 Å².